The molecular weight excluding hydrogens is 302 g/mol. The molecule has 0 aliphatic heterocycles. The maximum absolute atomic E-state index is 12.6. The zero-order valence-electron chi connectivity index (χ0n) is 14.6. The van der Waals surface area contributed by atoms with E-state index >= 15 is 0 Å². The number of hydrogen-bond donors (Lipinski definition) is 1. The Labute approximate surface area is 143 Å². The van der Waals surface area contributed by atoms with Crippen molar-refractivity contribution in [1.82, 2.24) is 14.9 Å². The number of aromatic nitrogens is 2. The second-order valence-corrected chi connectivity index (χ2v) is 5.76. The van der Waals surface area contributed by atoms with Crippen LogP contribution >= 0.6 is 0 Å². The molecule has 2 aromatic rings. The molecule has 0 unspecified atom stereocenters. The van der Waals surface area contributed by atoms with Gasteiger partial charge in [-0.25, -0.2) is 9.97 Å². The van der Waals surface area contributed by atoms with Crippen LogP contribution in [0.25, 0.3) is 0 Å². The summed E-state index contributed by atoms with van der Waals surface area (Å²) < 4.78 is 0. The van der Waals surface area contributed by atoms with Crippen molar-refractivity contribution < 1.29 is 4.79 Å². The average molecular weight is 327 g/mol. The summed E-state index contributed by atoms with van der Waals surface area (Å²) in [6.07, 6.45) is 4.16. The average Bonchev–Trinajstić information content (AvgIpc) is 2.60. The molecule has 0 aliphatic carbocycles. The Morgan fingerprint density at radius 2 is 1.88 bits per heavy atom. The van der Waals surface area contributed by atoms with Gasteiger partial charge in [-0.2, -0.15) is 0 Å². The molecule has 0 spiro atoms. The van der Waals surface area contributed by atoms with Gasteiger partial charge in [-0.15, -0.1) is 0 Å². The van der Waals surface area contributed by atoms with Gasteiger partial charge in [0.15, 0.2) is 0 Å². The number of amides is 1. The van der Waals surface area contributed by atoms with Gasteiger partial charge in [0, 0.05) is 18.8 Å². The zero-order valence-corrected chi connectivity index (χ0v) is 14.6. The molecule has 0 saturated carbocycles. The van der Waals surface area contributed by atoms with Gasteiger partial charge in [0.2, 0.25) is 0 Å². The molecule has 128 valence electrons. The van der Waals surface area contributed by atoms with Gasteiger partial charge in [-0.05, 0) is 46.1 Å². The fraction of sp³-hybridized carbons (Fsp3) is 0.389. The molecule has 6 heteroatoms. The normalized spacial score (nSPS) is 10.7. The van der Waals surface area contributed by atoms with E-state index in [1.54, 1.807) is 11.1 Å². The van der Waals surface area contributed by atoms with E-state index in [1.807, 2.05) is 51.4 Å². The molecule has 0 radical (unpaired) electrons. The highest BCUT2D eigenvalue weighted by atomic mass is 16.2. The third-order valence-corrected chi connectivity index (χ3v) is 3.59. The zero-order chi connectivity index (χ0) is 17.4. The highest BCUT2D eigenvalue weighted by Gasteiger charge is 2.17. The molecule has 0 aliphatic rings. The van der Waals surface area contributed by atoms with Crippen LogP contribution in [0.3, 0.4) is 0 Å². The maximum Gasteiger partial charge on any atom is 0.278 e. The lowest BCUT2D eigenvalue weighted by Gasteiger charge is -2.20. The molecule has 24 heavy (non-hydrogen) atoms. The first-order valence-corrected chi connectivity index (χ1v) is 8.19. The summed E-state index contributed by atoms with van der Waals surface area (Å²) in [5, 5.41) is 3.22. The van der Waals surface area contributed by atoms with Crippen LogP contribution in [0.1, 0.15) is 23.8 Å². The Balaban J connectivity index is 1.97. The lowest BCUT2D eigenvalue weighted by Crippen LogP contribution is -2.31. The number of benzene rings is 1. The second-order valence-electron chi connectivity index (χ2n) is 5.76. The number of hydrogen-bond acceptors (Lipinski definition) is 5. The molecule has 1 aromatic carbocycles. The van der Waals surface area contributed by atoms with E-state index in [1.165, 1.54) is 6.20 Å². The first kappa shape index (κ1) is 17.9. The first-order chi connectivity index (χ1) is 11.6. The van der Waals surface area contributed by atoms with E-state index < -0.39 is 0 Å². The number of carbonyl (C=O) groups excluding carboxylic acids is 1. The number of para-hydroxylation sites is 1. The van der Waals surface area contributed by atoms with E-state index in [9.17, 15) is 4.79 Å². The summed E-state index contributed by atoms with van der Waals surface area (Å²) in [6, 6.07) is 9.58. The minimum Gasteiger partial charge on any atom is -0.369 e. The lowest BCUT2D eigenvalue weighted by molar-refractivity contribution is 0.0983. The van der Waals surface area contributed by atoms with Crippen molar-refractivity contribution in [3.8, 4) is 0 Å². The van der Waals surface area contributed by atoms with Crippen molar-refractivity contribution in [1.29, 1.82) is 0 Å². The van der Waals surface area contributed by atoms with Crippen LogP contribution < -0.4 is 10.2 Å². The Bertz CT molecular complexity index is 628. The fourth-order valence-electron chi connectivity index (χ4n) is 2.33. The van der Waals surface area contributed by atoms with Crippen LogP contribution in [-0.2, 0) is 0 Å². The van der Waals surface area contributed by atoms with Gasteiger partial charge in [0.05, 0.1) is 12.4 Å². The Hall–Kier alpha value is -2.47. The highest BCUT2D eigenvalue weighted by molar-refractivity contribution is 6.04. The first-order valence-electron chi connectivity index (χ1n) is 8.19. The van der Waals surface area contributed by atoms with Crippen molar-refractivity contribution in [3.05, 3.63) is 48.4 Å². The maximum atomic E-state index is 12.6. The van der Waals surface area contributed by atoms with Gasteiger partial charge in [-0.1, -0.05) is 18.2 Å². The van der Waals surface area contributed by atoms with Gasteiger partial charge in [-0.3, -0.25) is 4.79 Å². The second kappa shape index (κ2) is 8.98. The van der Waals surface area contributed by atoms with Crippen molar-refractivity contribution in [2.45, 2.75) is 13.3 Å². The fourth-order valence-corrected chi connectivity index (χ4v) is 2.33. The minimum atomic E-state index is -0.143. The number of carbonyl (C=O) groups is 1. The summed E-state index contributed by atoms with van der Waals surface area (Å²) in [5.74, 6) is 0.545. The molecule has 1 N–H and O–H groups in total. The third kappa shape index (κ3) is 5.03. The topological polar surface area (TPSA) is 61.4 Å². The molecule has 0 bridgehead atoms. The Kier molecular flexibility index (Phi) is 6.69. The number of nitrogens with zero attached hydrogens (tertiary/aromatic N) is 4. The van der Waals surface area contributed by atoms with Crippen molar-refractivity contribution in [2.24, 2.45) is 0 Å². The molecule has 1 amide bonds. The van der Waals surface area contributed by atoms with E-state index in [0.717, 1.165) is 25.2 Å². The Morgan fingerprint density at radius 1 is 1.12 bits per heavy atom. The van der Waals surface area contributed by atoms with E-state index in [-0.39, 0.29) is 5.91 Å². The van der Waals surface area contributed by atoms with E-state index in [2.05, 4.69) is 20.2 Å². The molecule has 2 rings (SSSR count). The van der Waals surface area contributed by atoms with E-state index in [4.69, 9.17) is 0 Å². The summed E-state index contributed by atoms with van der Waals surface area (Å²) in [5.41, 5.74) is 1.21. The van der Waals surface area contributed by atoms with E-state index in [0.29, 0.717) is 18.1 Å². The quantitative estimate of drug-likeness (QED) is 0.755. The summed E-state index contributed by atoms with van der Waals surface area (Å²) >= 11 is 0. The van der Waals surface area contributed by atoms with Crippen molar-refractivity contribution >= 4 is 17.4 Å². The smallest absolute Gasteiger partial charge is 0.278 e. The van der Waals surface area contributed by atoms with Gasteiger partial charge >= 0.3 is 0 Å². The van der Waals surface area contributed by atoms with Crippen LogP contribution in [0.2, 0.25) is 0 Å². The molecule has 6 nitrogen and oxygen atoms in total. The summed E-state index contributed by atoms with van der Waals surface area (Å²) in [4.78, 5) is 25.0. The van der Waals surface area contributed by atoms with Crippen molar-refractivity contribution in [3.63, 3.8) is 0 Å². The standard InChI is InChI=1S/C18H25N5O/c1-4-23(15-9-6-5-7-10-15)18(24)16-13-21-17(14-20-16)19-11-8-12-22(2)3/h5-7,9-10,13-14H,4,8,11-12H2,1-3H3,(H,19,21). The van der Waals surface area contributed by atoms with Crippen LogP contribution in [0.4, 0.5) is 11.5 Å². The van der Waals surface area contributed by atoms with Crippen LogP contribution in [0, 0.1) is 0 Å². The SMILES string of the molecule is CCN(C(=O)c1cnc(NCCCN(C)C)cn1)c1ccccc1. The van der Waals surface area contributed by atoms with Gasteiger partial charge in [0.1, 0.15) is 11.5 Å². The molecule has 1 aromatic heterocycles. The van der Waals surface area contributed by atoms with Crippen LogP contribution in [0.15, 0.2) is 42.7 Å². The molecule has 1 heterocycles. The van der Waals surface area contributed by atoms with Crippen LogP contribution in [0.5, 0.6) is 0 Å². The lowest BCUT2D eigenvalue weighted by atomic mass is 10.2. The molecular formula is C18H25N5O. The van der Waals surface area contributed by atoms with Gasteiger partial charge < -0.3 is 15.1 Å². The van der Waals surface area contributed by atoms with Gasteiger partial charge in [0.25, 0.3) is 5.91 Å². The molecule has 0 fully saturated rings. The third-order valence-electron chi connectivity index (χ3n) is 3.59. The highest BCUT2D eigenvalue weighted by Crippen LogP contribution is 2.15. The van der Waals surface area contributed by atoms with Crippen LogP contribution in [-0.4, -0.2) is 54.5 Å². The molecule has 0 atom stereocenters. The minimum absolute atomic E-state index is 0.143. The van der Waals surface area contributed by atoms with Crippen molar-refractivity contribution in [2.75, 3.05) is 43.9 Å². The monoisotopic (exact) mass is 327 g/mol. The number of anilines is 2. The largest absolute Gasteiger partial charge is 0.369 e. The summed E-state index contributed by atoms with van der Waals surface area (Å²) in [7, 11) is 4.10. The number of rotatable bonds is 8. The predicted octanol–water partition coefficient (Wildman–Crippen LogP) is 2.51. The molecule has 0 saturated heterocycles. The summed E-state index contributed by atoms with van der Waals surface area (Å²) in [6.45, 7) is 4.36. The number of nitrogens with one attached hydrogen (secondary N) is 1. The Morgan fingerprint density at radius 3 is 2.46 bits per heavy atom. The predicted molar refractivity (Wildman–Crippen MR) is 97.5 cm³/mol.